The van der Waals surface area contributed by atoms with Crippen LogP contribution in [0.3, 0.4) is 0 Å². The zero-order valence-electron chi connectivity index (χ0n) is 30.2. The van der Waals surface area contributed by atoms with Crippen LogP contribution >= 0.6 is 23.4 Å². The average Bonchev–Trinajstić information content (AvgIpc) is 3.59. The zero-order chi connectivity index (χ0) is 39.3. The number of H-pyrrole nitrogens is 1. The van der Waals surface area contributed by atoms with Crippen molar-refractivity contribution in [3.05, 3.63) is 107 Å². The SMILES string of the molecule is C[C@@H]1NCc2cccnc2Sc2c(Cl)ccc(-c3ccc(S(=O)(=O)O)cc3)c2CNC(=O)[C@H](Cc2c[nH]c3ccccc23)N(C)C(=O)[C@H](CCCN)NC1=O. The first-order valence-corrected chi connectivity index (χ1v) is 20.3. The van der Waals surface area contributed by atoms with Crippen LogP contribution in [0, 0.1) is 0 Å². The largest absolute Gasteiger partial charge is 0.361 e. The van der Waals surface area contributed by atoms with Gasteiger partial charge in [0.1, 0.15) is 17.1 Å². The monoisotopic (exact) mass is 803 g/mol. The van der Waals surface area contributed by atoms with Crippen LogP contribution in [0.2, 0.25) is 5.02 Å². The summed E-state index contributed by atoms with van der Waals surface area (Å²) in [6.45, 7) is 2.24. The average molecular weight is 804 g/mol. The number of rotatable bonds is 7. The Bertz CT molecular complexity index is 2320. The molecule has 13 nitrogen and oxygen atoms in total. The van der Waals surface area contributed by atoms with E-state index in [9.17, 15) is 27.4 Å². The fourth-order valence-corrected chi connectivity index (χ4v) is 8.37. The number of nitrogens with two attached hydrogens (primary N) is 1. The summed E-state index contributed by atoms with van der Waals surface area (Å²) in [4.78, 5) is 52.0. The molecule has 55 heavy (non-hydrogen) atoms. The number of halogens is 1. The molecule has 3 amide bonds. The third-order valence-electron chi connectivity index (χ3n) is 9.67. The van der Waals surface area contributed by atoms with Crippen LogP contribution in [-0.2, 0) is 44.0 Å². The molecule has 0 fully saturated rings. The number of nitrogens with zero attached hydrogens (tertiary/aromatic N) is 2. The Morgan fingerprint density at radius 1 is 1.00 bits per heavy atom. The zero-order valence-corrected chi connectivity index (χ0v) is 32.6. The highest BCUT2D eigenvalue weighted by atomic mass is 35.5. The summed E-state index contributed by atoms with van der Waals surface area (Å²) in [6.07, 6.45) is 4.37. The van der Waals surface area contributed by atoms with Gasteiger partial charge in [0.25, 0.3) is 10.1 Å². The molecular weight excluding hydrogens is 762 g/mol. The number of aromatic nitrogens is 2. The summed E-state index contributed by atoms with van der Waals surface area (Å²) in [5.74, 6) is -1.28. The quantitative estimate of drug-likeness (QED) is 0.126. The van der Waals surface area contributed by atoms with Gasteiger partial charge in [0, 0.05) is 54.8 Å². The number of fused-ring (bicyclic) bond motifs is 3. The number of carbonyl (C=O) groups is 3. The van der Waals surface area contributed by atoms with Gasteiger partial charge in [0.15, 0.2) is 0 Å². The van der Waals surface area contributed by atoms with Crippen molar-refractivity contribution in [1.82, 2.24) is 30.8 Å². The van der Waals surface area contributed by atoms with E-state index in [1.807, 2.05) is 36.5 Å². The van der Waals surface area contributed by atoms with Gasteiger partial charge < -0.3 is 31.6 Å². The van der Waals surface area contributed by atoms with Gasteiger partial charge in [-0.3, -0.25) is 18.9 Å². The van der Waals surface area contributed by atoms with Crippen molar-refractivity contribution in [2.45, 2.75) is 72.2 Å². The smallest absolute Gasteiger partial charge is 0.294 e. The van der Waals surface area contributed by atoms with Crippen LogP contribution in [-0.4, -0.2) is 77.3 Å². The predicted molar refractivity (Wildman–Crippen MR) is 212 cm³/mol. The van der Waals surface area contributed by atoms with E-state index in [2.05, 4.69) is 25.9 Å². The molecular formula is C39H42ClN7O6S2. The standard InChI is InChI=1S/C39H42ClN7O6S2/c1-23-36(48)46-33(10-5-17-41)39(50)47(2)34(19-26-21-44-32-9-4-3-8-29(26)32)37(49)45-22-30-28(24-11-13-27(14-12-24)55(51,52)53)15-16-31(40)35(30)54-38-25(20-43-23)7-6-18-42-38/h3-4,6-9,11-16,18,21,23,33-34,43-44H,5,10,17,19-20,22,41H2,1-2H3,(H,45,49)(H,46,48)(H,51,52,53)/t23-,33-,34-/m0/s1. The Morgan fingerprint density at radius 3 is 2.51 bits per heavy atom. The number of amides is 3. The molecule has 0 saturated heterocycles. The number of benzene rings is 3. The number of para-hydroxylation sites is 1. The summed E-state index contributed by atoms with van der Waals surface area (Å²) in [7, 11) is -2.88. The maximum atomic E-state index is 14.5. The summed E-state index contributed by atoms with van der Waals surface area (Å²) in [5.41, 5.74) is 10.2. The number of hydrogen-bond donors (Lipinski definition) is 6. The molecule has 3 heterocycles. The molecule has 0 aliphatic carbocycles. The van der Waals surface area contributed by atoms with Crippen molar-refractivity contribution >= 4 is 62.1 Å². The van der Waals surface area contributed by atoms with E-state index in [4.69, 9.17) is 17.3 Å². The number of pyridine rings is 1. The van der Waals surface area contributed by atoms with E-state index in [0.29, 0.717) is 44.6 Å². The van der Waals surface area contributed by atoms with Crippen molar-refractivity contribution in [2.24, 2.45) is 5.73 Å². The minimum absolute atomic E-state index is 0.0334. The van der Waals surface area contributed by atoms with E-state index in [1.165, 1.54) is 28.8 Å². The first-order valence-electron chi connectivity index (χ1n) is 17.7. The number of likely N-dealkylation sites (N-methyl/N-ethyl adjacent to an activating group) is 1. The maximum absolute atomic E-state index is 14.5. The molecule has 0 spiro atoms. The minimum atomic E-state index is -4.44. The number of carbonyl (C=O) groups excluding carboxylic acids is 3. The lowest BCUT2D eigenvalue weighted by Gasteiger charge is -2.31. The first kappa shape index (κ1) is 39.9. The number of nitrogens with one attached hydrogen (secondary N) is 4. The highest BCUT2D eigenvalue weighted by Crippen LogP contribution is 2.41. The molecule has 0 radical (unpaired) electrons. The van der Waals surface area contributed by atoms with E-state index in [0.717, 1.165) is 22.0 Å². The molecule has 7 N–H and O–H groups in total. The van der Waals surface area contributed by atoms with Crippen molar-refractivity contribution in [3.8, 4) is 11.1 Å². The Kier molecular flexibility index (Phi) is 12.6. The predicted octanol–water partition coefficient (Wildman–Crippen LogP) is 4.68. The molecule has 0 saturated carbocycles. The van der Waals surface area contributed by atoms with Crippen molar-refractivity contribution in [3.63, 3.8) is 0 Å². The van der Waals surface area contributed by atoms with Crippen LogP contribution in [0.5, 0.6) is 0 Å². The fourth-order valence-electron chi connectivity index (χ4n) is 6.55. The van der Waals surface area contributed by atoms with E-state index in [-0.39, 0.29) is 36.7 Å². The second-order valence-corrected chi connectivity index (χ2v) is 16.1. The molecule has 1 aliphatic heterocycles. The number of hydrogen-bond acceptors (Lipinski definition) is 9. The highest BCUT2D eigenvalue weighted by Gasteiger charge is 2.34. The Balaban J connectivity index is 1.47. The third kappa shape index (κ3) is 9.20. The Labute approximate surface area is 328 Å². The van der Waals surface area contributed by atoms with Gasteiger partial charge in [-0.25, -0.2) is 4.98 Å². The van der Waals surface area contributed by atoms with Gasteiger partial charge in [-0.05, 0) is 84.5 Å². The van der Waals surface area contributed by atoms with Gasteiger partial charge in [-0.2, -0.15) is 8.42 Å². The van der Waals surface area contributed by atoms with Gasteiger partial charge in [-0.15, -0.1) is 0 Å². The second kappa shape index (κ2) is 17.4. The summed E-state index contributed by atoms with van der Waals surface area (Å²) in [6, 6.07) is 17.9. The molecule has 5 aromatic rings. The molecule has 0 unspecified atom stereocenters. The van der Waals surface area contributed by atoms with Gasteiger partial charge in [0.05, 0.1) is 16.0 Å². The normalized spacial score (nSPS) is 19.0. The minimum Gasteiger partial charge on any atom is -0.361 e. The molecule has 2 aromatic heterocycles. The van der Waals surface area contributed by atoms with Crippen LogP contribution in [0.15, 0.2) is 100 Å². The van der Waals surface area contributed by atoms with Crippen molar-refractivity contribution in [2.75, 3.05) is 13.6 Å². The fraction of sp³-hybridized carbons (Fsp3) is 0.282. The third-order valence-corrected chi connectivity index (χ3v) is 12.2. The molecule has 3 atom stereocenters. The Hall–Kier alpha value is -4.77. The van der Waals surface area contributed by atoms with Crippen molar-refractivity contribution in [1.29, 1.82) is 0 Å². The topological polar surface area (TPSA) is 200 Å². The second-order valence-electron chi connectivity index (χ2n) is 13.3. The molecule has 3 aromatic carbocycles. The first-order chi connectivity index (χ1) is 26.3. The highest BCUT2D eigenvalue weighted by molar-refractivity contribution is 7.99. The molecule has 0 bridgehead atoms. The van der Waals surface area contributed by atoms with E-state index in [1.54, 1.807) is 50.5 Å². The molecule has 6 rings (SSSR count). The molecule has 288 valence electrons. The van der Waals surface area contributed by atoms with Crippen LogP contribution in [0.4, 0.5) is 0 Å². The van der Waals surface area contributed by atoms with Gasteiger partial charge in [0.2, 0.25) is 17.7 Å². The lowest BCUT2D eigenvalue weighted by atomic mass is 9.98. The molecule has 1 aliphatic rings. The van der Waals surface area contributed by atoms with E-state index >= 15 is 0 Å². The van der Waals surface area contributed by atoms with Crippen molar-refractivity contribution < 1.29 is 27.4 Å². The molecule has 16 heteroatoms. The van der Waals surface area contributed by atoms with Crippen LogP contribution in [0.25, 0.3) is 22.0 Å². The summed E-state index contributed by atoms with van der Waals surface area (Å²) < 4.78 is 33.3. The lowest BCUT2D eigenvalue weighted by molar-refractivity contribution is -0.142. The maximum Gasteiger partial charge on any atom is 0.294 e. The summed E-state index contributed by atoms with van der Waals surface area (Å²) in [5, 5.41) is 11.1. The number of aromatic amines is 1. The van der Waals surface area contributed by atoms with Gasteiger partial charge >= 0.3 is 0 Å². The van der Waals surface area contributed by atoms with Crippen LogP contribution in [0.1, 0.15) is 36.5 Å². The van der Waals surface area contributed by atoms with E-state index < -0.39 is 40.1 Å². The Morgan fingerprint density at radius 2 is 1.76 bits per heavy atom. The summed E-state index contributed by atoms with van der Waals surface area (Å²) >= 11 is 8.22. The lowest BCUT2D eigenvalue weighted by Crippen LogP contribution is -2.56. The van der Waals surface area contributed by atoms with Crippen LogP contribution < -0.4 is 21.7 Å². The van der Waals surface area contributed by atoms with Gasteiger partial charge in [-0.1, -0.05) is 65.8 Å².